The minimum Gasteiger partial charge on any atom is -0.383 e. The highest BCUT2D eigenvalue weighted by atomic mass is 16.5. The first kappa shape index (κ1) is 27.7. The molecule has 0 bridgehead atoms. The highest BCUT2D eigenvalue weighted by molar-refractivity contribution is 6.40. The van der Waals surface area contributed by atoms with E-state index in [1.165, 1.54) is 17.3 Å². The number of amides is 2. The van der Waals surface area contributed by atoms with Gasteiger partial charge in [-0.15, -0.1) is 0 Å². The Bertz CT molecular complexity index is 1480. The van der Waals surface area contributed by atoms with Gasteiger partial charge >= 0.3 is 11.8 Å². The minimum atomic E-state index is -0.685. The maximum atomic E-state index is 13.8. The summed E-state index contributed by atoms with van der Waals surface area (Å²) in [6.45, 7) is 8.81. The fourth-order valence-electron chi connectivity index (χ4n) is 6.74. The van der Waals surface area contributed by atoms with E-state index < -0.39 is 11.8 Å². The summed E-state index contributed by atoms with van der Waals surface area (Å²) in [6, 6.07) is 6.48. The van der Waals surface area contributed by atoms with E-state index in [1.54, 1.807) is 15.8 Å². The number of fused-ring (bicyclic) bond motifs is 2. The predicted molar refractivity (Wildman–Crippen MR) is 158 cm³/mol. The lowest BCUT2D eigenvalue weighted by molar-refractivity contribution is -0.146. The number of nitrogen functional groups attached to an aromatic ring is 1. The summed E-state index contributed by atoms with van der Waals surface area (Å²) in [5.74, 6) is -0.597. The standard InChI is InChI=1S/C31H41N7O3/c1-19-8-11-25(21-9-10-23-20(15-21)12-13-36(4)31(23,2)3)37(18-19)30(40)29(39)35-24-17-33-28(32)22-16-34-38(27(22)24)26-7-5-6-14-41-26/h9-10,15-17,19,25-26H,5-8,11-14,18H2,1-4H3,(H2,32,33)(H,35,39)/t19-,25+,26?/m0/s1. The highest BCUT2D eigenvalue weighted by Gasteiger charge is 2.37. The highest BCUT2D eigenvalue weighted by Crippen LogP contribution is 2.39. The van der Waals surface area contributed by atoms with Crippen molar-refractivity contribution in [2.75, 3.05) is 37.8 Å². The molecule has 2 fully saturated rings. The van der Waals surface area contributed by atoms with Gasteiger partial charge in [0.1, 0.15) is 11.3 Å². The number of nitrogens with zero attached hydrogens (tertiary/aromatic N) is 5. The molecule has 6 rings (SSSR count). The Morgan fingerprint density at radius 3 is 2.76 bits per heavy atom. The van der Waals surface area contributed by atoms with Crippen LogP contribution in [0, 0.1) is 5.92 Å². The number of hydrogen-bond acceptors (Lipinski definition) is 7. The quantitative estimate of drug-likeness (QED) is 0.458. The van der Waals surface area contributed by atoms with Crippen LogP contribution in [0.25, 0.3) is 10.9 Å². The lowest BCUT2D eigenvalue weighted by Crippen LogP contribution is -2.47. The third-order valence-electron chi connectivity index (χ3n) is 9.45. The summed E-state index contributed by atoms with van der Waals surface area (Å²) in [4.78, 5) is 35.8. The maximum absolute atomic E-state index is 13.8. The SMILES string of the molecule is C[C@H]1CC[C@H](c2ccc3c(c2)CCN(C)C3(C)C)N(C(=O)C(=O)Nc2cnc(N)c3cnn(C4CCCCO4)c23)C1. The summed E-state index contributed by atoms with van der Waals surface area (Å²) in [7, 11) is 2.16. The number of likely N-dealkylation sites (tertiary alicyclic amines) is 1. The fraction of sp³-hybridized carbons (Fsp3) is 0.548. The Hall–Kier alpha value is -3.50. The minimum absolute atomic E-state index is 0.0454. The average molecular weight is 560 g/mol. The number of nitrogens with two attached hydrogens (primary N) is 1. The summed E-state index contributed by atoms with van der Waals surface area (Å²) >= 11 is 0. The number of likely N-dealkylation sites (N-methyl/N-ethyl adjacent to an activating group) is 1. The normalized spacial score (nSPS) is 24.7. The van der Waals surface area contributed by atoms with Crippen molar-refractivity contribution < 1.29 is 14.3 Å². The van der Waals surface area contributed by atoms with Crippen molar-refractivity contribution in [1.29, 1.82) is 0 Å². The Kier molecular flexibility index (Phi) is 7.23. The molecule has 2 saturated heterocycles. The second kappa shape index (κ2) is 10.7. The first-order chi connectivity index (χ1) is 19.6. The number of anilines is 2. The molecule has 1 unspecified atom stereocenters. The molecule has 10 heteroatoms. The molecule has 0 saturated carbocycles. The molecule has 218 valence electrons. The van der Waals surface area contributed by atoms with Crippen molar-refractivity contribution in [1.82, 2.24) is 24.6 Å². The molecule has 3 aromatic rings. The van der Waals surface area contributed by atoms with Crippen LogP contribution in [0.15, 0.2) is 30.6 Å². The molecule has 41 heavy (non-hydrogen) atoms. The lowest BCUT2D eigenvalue weighted by atomic mass is 9.81. The van der Waals surface area contributed by atoms with E-state index in [-0.39, 0.29) is 17.8 Å². The van der Waals surface area contributed by atoms with Crippen LogP contribution >= 0.6 is 0 Å². The van der Waals surface area contributed by atoms with Crippen LogP contribution in [0.3, 0.4) is 0 Å². The summed E-state index contributed by atoms with van der Waals surface area (Å²) in [5.41, 5.74) is 10.9. The second-order valence-corrected chi connectivity index (χ2v) is 12.5. The van der Waals surface area contributed by atoms with Gasteiger partial charge in [0, 0.05) is 25.2 Å². The monoisotopic (exact) mass is 559 g/mol. The van der Waals surface area contributed by atoms with Gasteiger partial charge < -0.3 is 20.7 Å². The van der Waals surface area contributed by atoms with E-state index in [0.29, 0.717) is 41.5 Å². The zero-order valence-electron chi connectivity index (χ0n) is 24.5. The third kappa shape index (κ3) is 4.97. The zero-order chi connectivity index (χ0) is 28.9. The van der Waals surface area contributed by atoms with Crippen LogP contribution in [0.5, 0.6) is 0 Å². The van der Waals surface area contributed by atoms with Crippen molar-refractivity contribution in [2.45, 2.75) is 77.1 Å². The largest absolute Gasteiger partial charge is 0.383 e. The van der Waals surface area contributed by atoms with E-state index in [2.05, 4.69) is 66.3 Å². The summed E-state index contributed by atoms with van der Waals surface area (Å²) < 4.78 is 7.71. The van der Waals surface area contributed by atoms with Gasteiger partial charge in [-0.3, -0.25) is 14.5 Å². The molecule has 0 radical (unpaired) electrons. The molecule has 3 aliphatic heterocycles. The van der Waals surface area contributed by atoms with Crippen LogP contribution in [0.1, 0.15) is 81.8 Å². The Labute approximate surface area is 241 Å². The number of aromatic nitrogens is 3. The second-order valence-electron chi connectivity index (χ2n) is 12.5. The van der Waals surface area contributed by atoms with E-state index in [0.717, 1.165) is 50.6 Å². The first-order valence-electron chi connectivity index (χ1n) is 14.8. The number of carbonyl (C=O) groups excluding carboxylic acids is 2. The number of rotatable bonds is 3. The zero-order valence-corrected chi connectivity index (χ0v) is 24.5. The van der Waals surface area contributed by atoms with Gasteiger partial charge in [-0.05, 0) is 82.0 Å². The summed E-state index contributed by atoms with van der Waals surface area (Å²) in [5, 5.41) is 8.00. The van der Waals surface area contributed by atoms with E-state index in [4.69, 9.17) is 10.5 Å². The Morgan fingerprint density at radius 1 is 1.15 bits per heavy atom. The van der Waals surface area contributed by atoms with Crippen molar-refractivity contribution in [3.63, 3.8) is 0 Å². The first-order valence-corrected chi connectivity index (χ1v) is 14.8. The van der Waals surface area contributed by atoms with Crippen molar-refractivity contribution in [3.05, 3.63) is 47.3 Å². The van der Waals surface area contributed by atoms with E-state index >= 15 is 0 Å². The fourth-order valence-corrected chi connectivity index (χ4v) is 6.74. The van der Waals surface area contributed by atoms with E-state index in [1.807, 2.05) is 0 Å². The maximum Gasteiger partial charge on any atom is 0.314 e. The van der Waals surface area contributed by atoms with Gasteiger partial charge in [-0.2, -0.15) is 5.10 Å². The molecular weight excluding hydrogens is 518 g/mol. The molecule has 5 heterocycles. The van der Waals surface area contributed by atoms with Gasteiger partial charge in [0.2, 0.25) is 0 Å². The molecule has 0 spiro atoms. The molecule has 3 N–H and O–H groups in total. The van der Waals surface area contributed by atoms with E-state index in [9.17, 15) is 9.59 Å². The molecule has 3 aliphatic rings. The van der Waals surface area contributed by atoms with Crippen molar-refractivity contribution >= 4 is 34.2 Å². The van der Waals surface area contributed by atoms with Crippen LogP contribution in [-0.2, 0) is 26.3 Å². The third-order valence-corrected chi connectivity index (χ3v) is 9.45. The topological polar surface area (TPSA) is 119 Å². The summed E-state index contributed by atoms with van der Waals surface area (Å²) in [6.07, 6.45) is 8.53. The number of ether oxygens (including phenoxy) is 1. The van der Waals surface area contributed by atoms with Gasteiger partial charge in [0.15, 0.2) is 6.23 Å². The molecule has 2 aromatic heterocycles. The Morgan fingerprint density at radius 2 is 1.98 bits per heavy atom. The van der Waals surface area contributed by atoms with Gasteiger partial charge in [0.05, 0.1) is 29.5 Å². The number of piperidine rings is 1. The van der Waals surface area contributed by atoms with Gasteiger partial charge in [0.25, 0.3) is 0 Å². The lowest BCUT2D eigenvalue weighted by Gasteiger charge is -2.43. The molecular formula is C31H41N7O3. The van der Waals surface area contributed by atoms with Gasteiger partial charge in [-0.25, -0.2) is 9.67 Å². The number of hydrogen-bond donors (Lipinski definition) is 2. The van der Waals surface area contributed by atoms with Crippen LogP contribution in [0.2, 0.25) is 0 Å². The molecule has 2 amide bonds. The molecule has 0 aliphatic carbocycles. The van der Waals surface area contributed by atoms with Crippen molar-refractivity contribution in [2.24, 2.45) is 5.92 Å². The molecule has 3 atom stereocenters. The van der Waals surface area contributed by atoms with Crippen LogP contribution < -0.4 is 11.1 Å². The molecule has 10 nitrogen and oxygen atoms in total. The predicted octanol–water partition coefficient (Wildman–Crippen LogP) is 4.37. The van der Waals surface area contributed by atoms with Crippen LogP contribution in [0.4, 0.5) is 11.5 Å². The van der Waals surface area contributed by atoms with Crippen LogP contribution in [-0.4, -0.2) is 63.1 Å². The number of nitrogens with one attached hydrogen (secondary N) is 1. The molecule has 1 aromatic carbocycles. The smallest absolute Gasteiger partial charge is 0.314 e. The number of benzene rings is 1. The van der Waals surface area contributed by atoms with Gasteiger partial charge in [-0.1, -0.05) is 25.1 Å². The average Bonchev–Trinajstić information content (AvgIpc) is 3.43. The Balaban J connectivity index is 1.28. The van der Waals surface area contributed by atoms with Crippen molar-refractivity contribution in [3.8, 4) is 0 Å². The number of pyridine rings is 1. The number of carbonyl (C=O) groups is 2.